The molecule has 1 aliphatic rings. The summed E-state index contributed by atoms with van der Waals surface area (Å²) in [5.74, 6) is -0.371. The van der Waals surface area contributed by atoms with E-state index in [1.165, 1.54) is 25.1 Å². The Morgan fingerprint density at radius 2 is 1.74 bits per heavy atom. The average Bonchev–Trinajstić information content (AvgIpc) is 2.60. The van der Waals surface area contributed by atoms with Gasteiger partial charge in [0, 0.05) is 10.6 Å². The van der Waals surface area contributed by atoms with Crippen molar-refractivity contribution in [2.75, 3.05) is 0 Å². The van der Waals surface area contributed by atoms with Gasteiger partial charge in [-0.3, -0.25) is 4.79 Å². The summed E-state index contributed by atoms with van der Waals surface area (Å²) in [6.07, 6.45) is -4.56. The molecule has 0 unspecified atom stereocenters. The molecule has 0 aliphatic carbocycles. The lowest BCUT2D eigenvalue weighted by molar-refractivity contribution is -0.138. The van der Waals surface area contributed by atoms with Crippen molar-refractivity contribution in [1.29, 1.82) is 0 Å². The van der Waals surface area contributed by atoms with Gasteiger partial charge in [-0.25, -0.2) is 0 Å². The van der Waals surface area contributed by atoms with Gasteiger partial charge in [0.15, 0.2) is 10.9 Å². The lowest BCUT2D eigenvalue weighted by Crippen LogP contribution is -2.45. The van der Waals surface area contributed by atoms with Crippen molar-refractivity contribution < 1.29 is 18.0 Å². The SMILES string of the molecule is CC(=O)C1=C(c2ccc(Cl)cc2)NC(=S)N[C@@H]1c1ccccc1C(F)(F)F. The second-order valence-corrected chi connectivity index (χ2v) is 6.81. The number of thiocarbonyl (C=S) groups is 1. The zero-order valence-electron chi connectivity index (χ0n) is 14.0. The standard InChI is InChI=1S/C19H14ClF3N2OS/c1-10(26)15-16(11-6-8-12(20)9-7-11)24-18(27)25-17(15)13-4-2-3-5-14(13)19(21,22)23/h2-9,17H,1H3,(H2,24,25,27)/t17-/m1/s1. The maximum absolute atomic E-state index is 13.5. The normalized spacial score (nSPS) is 17.4. The number of ketones is 1. The molecule has 0 spiro atoms. The minimum atomic E-state index is -4.56. The number of nitrogens with one attached hydrogen (secondary N) is 2. The first-order valence-electron chi connectivity index (χ1n) is 7.93. The van der Waals surface area contributed by atoms with Crippen LogP contribution in [0.4, 0.5) is 13.2 Å². The van der Waals surface area contributed by atoms with Crippen molar-refractivity contribution >= 4 is 40.4 Å². The second-order valence-electron chi connectivity index (χ2n) is 5.97. The van der Waals surface area contributed by atoms with E-state index in [1.807, 2.05) is 0 Å². The van der Waals surface area contributed by atoms with E-state index in [0.29, 0.717) is 16.3 Å². The van der Waals surface area contributed by atoms with Crippen LogP contribution in [0.3, 0.4) is 0 Å². The topological polar surface area (TPSA) is 41.1 Å². The van der Waals surface area contributed by atoms with Crippen molar-refractivity contribution in [3.8, 4) is 0 Å². The summed E-state index contributed by atoms with van der Waals surface area (Å²) < 4.78 is 40.5. The van der Waals surface area contributed by atoms with E-state index >= 15 is 0 Å². The Morgan fingerprint density at radius 3 is 2.33 bits per heavy atom. The second kappa shape index (κ2) is 7.32. The van der Waals surface area contributed by atoms with Crippen LogP contribution in [-0.2, 0) is 11.0 Å². The molecule has 1 heterocycles. The Balaban J connectivity index is 2.24. The molecule has 1 atom stereocenters. The van der Waals surface area contributed by atoms with E-state index in [0.717, 1.165) is 6.07 Å². The molecule has 140 valence electrons. The van der Waals surface area contributed by atoms with Gasteiger partial charge < -0.3 is 10.6 Å². The molecule has 2 aromatic carbocycles. The van der Waals surface area contributed by atoms with Gasteiger partial charge in [-0.15, -0.1) is 0 Å². The highest BCUT2D eigenvalue weighted by Gasteiger charge is 2.38. The predicted molar refractivity (Wildman–Crippen MR) is 102 cm³/mol. The molecule has 1 aliphatic heterocycles. The van der Waals surface area contributed by atoms with Crippen LogP contribution in [0.15, 0.2) is 54.1 Å². The van der Waals surface area contributed by atoms with E-state index in [-0.39, 0.29) is 22.0 Å². The minimum absolute atomic E-state index is 0.0643. The molecule has 0 saturated heterocycles. The maximum atomic E-state index is 13.5. The molecule has 0 radical (unpaired) electrons. The summed E-state index contributed by atoms with van der Waals surface area (Å²) in [7, 11) is 0. The number of alkyl halides is 3. The first-order valence-corrected chi connectivity index (χ1v) is 8.72. The predicted octanol–water partition coefficient (Wildman–Crippen LogP) is 4.88. The highest BCUT2D eigenvalue weighted by atomic mass is 35.5. The van der Waals surface area contributed by atoms with E-state index < -0.39 is 17.8 Å². The molecule has 0 bridgehead atoms. The van der Waals surface area contributed by atoms with Crippen molar-refractivity contribution in [2.45, 2.75) is 19.1 Å². The summed E-state index contributed by atoms with van der Waals surface area (Å²) in [5.41, 5.74) is 0.252. The summed E-state index contributed by atoms with van der Waals surface area (Å²) in [6, 6.07) is 10.7. The van der Waals surface area contributed by atoms with Crippen molar-refractivity contribution in [1.82, 2.24) is 10.6 Å². The molecule has 0 saturated carbocycles. The van der Waals surface area contributed by atoms with Gasteiger partial charge in [-0.1, -0.05) is 41.9 Å². The molecule has 3 nitrogen and oxygen atoms in total. The molecular formula is C19H14ClF3N2OS. The smallest absolute Gasteiger partial charge is 0.351 e. The van der Waals surface area contributed by atoms with E-state index in [2.05, 4.69) is 10.6 Å². The van der Waals surface area contributed by atoms with Gasteiger partial charge in [0.25, 0.3) is 0 Å². The largest absolute Gasteiger partial charge is 0.416 e. The zero-order valence-corrected chi connectivity index (χ0v) is 15.6. The van der Waals surface area contributed by atoms with Crippen LogP contribution in [0.1, 0.15) is 29.7 Å². The first-order chi connectivity index (χ1) is 12.7. The van der Waals surface area contributed by atoms with Crippen molar-refractivity contribution in [2.24, 2.45) is 0 Å². The van der Waals surface area contributed by atoms with Crippen LogP contribution in [0.2, 0.25) is 5.02 Å². The number of halogens is 4. The van der Waals surface area contributed by atoms with Crippen LogP contribution < -0.4 is 10.6 Å². The lowest BCUT2D eigenvalue weighted by atomic mass is 9.88. The summed E-state index contributed by atoms with van der Waals surface area (Å²) >= 11 is 11.1. The number of hydrogen-bond acceptors (Lipinski definition) is 2. The molecule has 8 heteroatoms. The molecule has 27 heavy (non-hydrogen) atoms. The van der Waals surface area contributed by atoms with Gasteiger partial charge in [0.05, 0.1) is 17.3 Å². The molecule has 0 aromatic heterocycles. The number of Topliss-reactive ketones (excluding diaryl/α,β-unsaturated/α-hetero) is 1. The summed E-state index contributed by atoms with van der Waals surface area (Å²) in [5, 5.41) is 6.33. The molecule has 2 N–H and O–H groups in total. The fraction of sp³-hybridized carbons (Fsp3) is 0.158. The van der Waals surface area contributed by atoms with E-state index in [9.17, 15) is 18.0 Å². The fourth-order valence-corrected chi connectivity index (χ4v) is 3.37. The summed E-state index contributed by atoms with van der Waals surface area (Å²) in [6.45, 7) is 1.31. The number of rotatable bonds is 3. The number of carbonyl (C=O) groups excluding carboxylic acids is 1. The van der Waals surface area contributed by atoms with Crippen LogP contribution in [0.25, 0.3) is 5.70 Å². The van der Waals surface area contributed by atoms with Crippen LogP contribution >= 0.6 is 23.8 Å². The molecule has 0 amide bonds. The molecule has 3 rings (SSSR count). The zero-order chi connectivity index (χ0) is 19.8. The minimum Gasteiger partial charge on any atom is -0.351 e. The quantitative estimate of drug-likeness (QED) is 0.708. The Hall–Kier alpha value is -2.38. The Bertz CT molecular complexity index is 939. The van der Waals surface area contributed by atoms with Gasteiger partial charge in [-0.2, -0.15) is 13.2 Å². The molecule has 2 aromatic rings. The monoisotopic (exact) mass is 410 g/mol. The van der Waals surface area contributed by atoms with Crippen molar-refractivity contribution in [3.05, 3.63) is 75.8 Å². The van der Waals surface area contributed by atoms with Crippen LogP contribution in [0, 0.1) is 0 Å². The summed E-state index contributed by atoms with van der Waals surface area (Å²) in [4.78, 5) is 12.4. The fourth-order valence-electron chi connectivity index (χ4n) is 3.03. The number of hydrogen-bond donors (Lipinski definition) is 2. The van der Waals surface area contributed by atoms with Gasteiger partial charge in [0.2, 0.25) is 0 Å². The third-order valence-corrected chi connectivity index (χ3v) is 4.63. The third-order valence-electron chi connectivity index (χ3n) is 4.16. The van der Waals surface area contributed by atoms with Crippen LogP contribution in [0.5, 0.6) is 0 Å². The molecular weight excluding hydrogens is 397 g/mol. The Labute approximate surface area is 164 Å². The van der Waals surface area contributed by atoms with Gasteiger partial charge in [-0.05, 0) is 48.5 Å². The van der Waals surface area contributed by atoms with Crippen molar-refractivity contribution in [3.63, 3.8) is 0 Å². The van der Waals surface area contributed by atoms with E-state index in [1.54, 1.807) is 24.3 Å². The lowest BCUT2D eigenvalue weighted by Gasteiger charge is -2.32. The first kappa shape index (κ1) is 19.4. The van der Waals surface area contributed by atoms with Gasteiger partial charge >= 0.3 is 6.18 Å². The van der Waals surface area contributed by atoms with Gasteiger partial charge in [0.1, 0.15) is 0 Å². The average molecular weight is 411 g/mol. The maximum Gasteiger partial charge on any atom is 0.416 e. The Morgan fingerprint density at radius 1 is 1.11 bits per heavy atom. The number of carbonyl (C=O) groups is 1. The highest BCUT2D eigenvalue weighted by molar-refractivity contribution is 7.80. The van der Waals surface area contributed by atoms with E-state index in [4.69, 9.17) is 23.8 Å². The molecule has 0 fully saturated rings. The Kier molecular flexibility index (Phi) is 5.26. The number of benzene rings is 2. The van der Waals surface area contributed by atoms with Crippen LogP contribution in [-0.4, -0.2) is 10.9 Å². The highest BCUT2D eigenvalue weighted by Crippen LogP contribution is 2.39. The third kappa shape index (κ3) is 3.99.